The van der Waals surface area contributed by atoms with Crippen molar-refractivity contribution in [3.8, 4) is 0 Å². The Balaban J connectivity index is 1.38. The Morgan fingerprint density at radius 2 is 2.06 bits per heavy atom. The van der Waals surface area contributed by atoms with Gasteiger partial charge >= 0.3 is 5.69 Å². The van der Waals surface area contributed by atoms with Crippen molar-refractivity contribution in [3.05, 3.63) is 87.6 Å². The molecule has 7 nitrogen and oxygen atoms in total. The molecule has 2 aromatic heterocycles. The Morgan fingerprint density at radius 3 is 2.91 bits per heavy atom. The molecule has 1 amide bonds. The average molecular weight is 446 g/mol. The number of aromatic nitrogens is 4. The molecule has 1 aliphatic carbocycles. The normalized spacial score (nSPS) is 15.1. The van der Waals surface area contributed by atoms with Crippen LogP contribution in [-0.2, 0) is 17.8 Å². The van der Waals surface area contributed by atoms with Crippen molar-refractivity contribution < 1.29 is 4.79 Å². The molecule has 1 N–H and O–H groups in total. The highest BCUT2D eigenvalue weighted by Gasteiger charge is 2.24. The van der Waals surface area contributed by atoms with E-state index in [9.17, 15) is 9.59 Å². The zero-order chi connectivity index (χ0) is 22.2. The van der Waals surface area contributed by atoms with Gasteiger partial charge in [-0.3, -0.25) is 4.79 Å². The Bertz CT molecular complexity index is 1390. The van der Waals surface area contributed by atoms with Crippen molar-refractivity contribution in [2.24, 2.45) is 0 Å². The summed E-state index contributed by atoms with van der Waals surface area (Å²) in [5.41, 5.74) is 4.83. The predicted molar refractivity (Wildman–Crippen MR) is 123 cm³/mol. The van der Waals surface area contributed by atoms with Gasteiger partial charge in [-0.05, 0) is 49.4 Å². The smallest absolute Gasteiger partial charge is 0.348 e. The second-order valence-electron chi connectivity index (χ2n) is 8.09. The average Bonchev–Trinajstić information content (AvgIpc) is 3.32. The molecule has 5 rings (SSSR count). The van der Waals surface area contributed by atoms with Crippen molar-refractivity contribution in [2.45, 2.75) is 49.2 Å². The number of benzene rings is 2. The van der Waals surface area contributed by atoms with Gasteiger partial charge in [0.15, 0.2) is 5.65 Å². The molecule has 0 bridgehead atoms. The number of nitrogens with zero attached hydrogens (tertiary/aromatic N) is 4. The van der Waals surface area contributed by atoms with E-state index < -0.39 is 0 Å². The van der Waals surface area contributed by atoms with Crippen LogP contribution in [0.1, 0.15) is 34.7 Å². The van der Waals surface area contributed by atoms with Crippen molar-refractivity contribution >= 4 is 23.3 Å². The van der Waals surface area contributed by atoms with E-state index in [0.29, 0.717) is 10.7 Å². The third kappa shape index (κ3) is 3.82. The fourth-order valence-corrected chi connectivity index (χ4v) is 5.11. The van der Waals surface area contributed by atoms with E-state index in [2.05, 4.69) is 34.5 Å². The first kappa shape index (κ1) is 20.5. The van der Waals surface area contributed by atoms with E-state index in [1.165, 1.54) is 32.0 Å². The maximum Gasteiger partial charge on any atom is 0.350 e. The van der Waals surface area contributed by atoms with Crippen molar-refractivity contribution in [2.75, 3.05) is 0 Å². The topological polar surface area (TPSA) is 81.3 Å². The number of carbonyl (C=O) groups is 1. The summed E-state index contributed by atoms with van der Waals surface area (Å²) in [6, 6.07) is 14.3. The molecule has 2 heterocycles. The van der Waals surface area contributed by atoms with E-state index in [0.717, 1.165) is 28.9 Å². The summed E-state index contributed by atoms with van der Waals surface area (Å²) in [6.45, 7) is 3.97. The van der Waals surface area contributed by atoms with Crippen LogP contribution in [0, 0.1) is 13.8 Å². The van der Waals surface area contributed by atoms with E-state index >= 15 is 0 Å². The third-order valence-corrected chi connectivity index (χ3v) is 6.93. The molecule has 0 fully saturated rings. The minimum atomic E-state index is -0.355. The van der Waals surface area contributed by atoms with Gasteiger partial charge in [-0.25, -0.2) is 18.9 Å². The van der Waals surface area contributed by atoms with Crippen molar-refractivity contribution in [1.82, 2.24) is 24.5 Å². The molecule has 162 valence electrons. The molecule has 32 heavy (non-hydrogen) atoms. The second-order valence-corrected chi connectivity index (χ2v) is 9.13. The Hall–Kier alpha value is -3.39. The minimum Gasteiger partial charge on any atom is -0.348 e. The molecule has 8 heteroatoms. The van der Waals surface area contributed by atoms with Crippen LogP contribution < -0.4 is 11.0 Å². The van der Waals surface area contributed by atoms with Crippen LogP contribution in [0.15, 0.2) is 69.6 Å². The lowest BCUT2D eigenvalue weighted by Crippen LogP contribution is -2.34. The molecule has 0 unspecified atom stereocenters. The maximum atomic E-state index is 12.9. The van der Waals surface area contributed by atoms with Gasteiger partial charge in [-0.2, -0.15) is 0 Å². The lowest BCUT2D eigenvalue weighted by Gasteiger charge is -2.13. The summed E-state index contributed by atoms with van der Waals surface area (Å²) in [5.74, 6) is -0.228. The van der Waals surface area contributed by atoms with Gasteiger partial charge in [0.1, 0.15) is 11.6 Å². The number of hydrogen-bond donors (Lipinski definition) is 1. The Morgan fingerprint density at radius 1 is 1.22 bits per heavy atom. The lowest BCUT2D eigenvalue weighted by atomic mass is 10.1. The third-order valence-electron chi connectivity index (χ3n) is 5.77. The van der Waals surface area contributed by atoms with Crippen LogP contribution in [0.5, 0.6) is 0 Å². The van der Waals surface area contributed by atoms with Gasteiger partial charge < -0.3 is 5.32 Å². The van der Waals surface area contributed by atoms with Gasteiger partial charge in [0, 0.05) is 17.3 Å². The fourth-order valence-electron chi connectivity index (χ4n) is 4.20. The maximum absolute atomic E-state index is 12.9. The van der Waals surface area contributed by atoms with E-state index in [4.69, 9.17) is 0 Å². The van der Waals surface area contributed by atoms with Crippen LogP contribution in [0.2, 0.25) is 0 Å². The number of rotatable bonds is 5. The number of carbonyl (C=O) groups excluding carboxylic acids is 1. The number of hydrogen-bond acceptors (Lipinski definition) is 5. The quantitative estimate of drug-likeness (QED) is 0.509. The largest absolute Gasteiger partial charge is 0.350 e. The summed E-state index contributed by atoms with van der Waals surface area (Å²) < 4.78 is 2.65. The van der Waals surface area contributed by atoms with Gasteiger partial charge in [0.2, 0.25) is 5.91 Å². The molecular weight excluding hydrogens is 422 g/mol. The van der Waals surface area contributed by atoms with Gasteiger partial charge in [-0.1, -0.05) is 53.7 Å². The number of nitrogens with one attached hydrogen (secondary N) is 1. The van der Waals surface area contributed by atoms with Crippen LogP contribution in [0.4, 0.5) is 0 Å². The molecule has 0 aliphatic heterocycles. The highest BCUT2D eigenvalue weighted by Crippen LogP contribution is 2.32. The molecule has 0 radical (unpaired) electrons. The summed E-state index contributed by atoms with van der Waals surface area (Å²) in [5, 5.41) is 8.12. The van der Waals surface area contributed by atoms with Gasteiger partial charge in [-0.15, -0.1) is 5.10 Å². The lowest BCUT2D eigenvalue weighted by molar-refractivity contribution is -0.122. The molecule has 0 spiro atoms. The first-order valence-electron chi connectivity index (χ1n) is 10.6. The van der Waals surface area contributed by atoms with Crippen LogP contribution in [0.3, 0.4) is 0 Å². The fraction of sp³-hybridized carbons (Fsp3) is 0.250. The standard InChI is InChI=1S/C24H23N5O2S/c1-15-7-10-20(16(2)13-15)32-23-22-27-29(24(31)28(22)12-11-25-23)14-21(30)26-19-9-8-17-5-3-4-6-18(17)19/h3-7,10-13,19H,8-9,14H2,1-2H3,(H,26,30)/t19-/m0/s1. The molecule has 1 aliphatic rings. The molecule has 4 aromatic rings. The first-order valence-corrected chi connectivity index (χ1v) is 11.4. The second kappa shape index (κ2) is 8.27. The molecule has 2 aromatic carbocycles. The van der Waals surface area contributed by atoms with Crippen molar-refractivity contribution in [3.63, 3.8) is 0 Å². The minimum absolute atomic E-state index is 0.0243. The summed E-state index contributed by atoms with van der Waals surface area (Å²) in [4.78, 5) is 31.1. The highest BCUT2D eigenvalue weighted by atomic mass is 32.2. The number of amides is 1. The molecular formula is C24H23N5O2S. The SMILES string of the molecule is Cc1ccc(Sc2nccn3c(=O)n(CC(=O)N[C@H]4CCc5ccccc54)nc23)c(C)c1. The number of fused-ring (bicyclic) bond motifs is 2. The van der Waals surface area contributed by atoms with E-state index in [-0.39, 0.29) is 24.2 Å². The Labute approximate surface area is 189 Å². The Kier molecular flexibility index (Phi) is 5.30. The zero-order valence-electron chi connectivity index (χ0n) is 17.9. The highest BCUT2D eigenvalue weighted by molar-refractivity contribution is 7.99. The number of aryl methyl sites for hydroxylation is 3. The van der Waals surface area contributed by atoms with E-state index in [1.54, 1.807) is 12.4 Å². The molecule has 0 saturated heterocycles. The van der Waals surface area contributed by atoms with Crippen LogP contribution >= 0.6 is 11.8 Å². The van der Waals surface area contributed by atoms with Gasteiger partial charge in [0.05, 0.1) is 6.04 Å². The van der Waals surface area contributed by atoms with E-state index in [1.807, 2.05) is 37.3 Å². The van der Waals surface area contributed by atoms with Crippen LogP contribution in [0.25, 0.3) is 5.65 Å². The predicted octanol–water partition coefficient (Wildman–Crippen LogP) is 3.46. The summed E-state index contributed by atoms with van der Waals surface area (Å²) in [6.07, 6.45) is 4.98. The summed E-state index contributed by atoms with van der Waals surface area (Å²) >= 11 is 1.46. The monoisotopic (exact) mass is 445 g/mol. The molecule has 0 saturated carbocycles. The van der Waals surface area contributed by atoms with Gasteiger partial charge in [0.25, 0.3) is 0 Å². The zero-order valence-corrected chi connectivity index (χ0v) is 18.7. The molecule has 1 atom stereocenters. The van der Waals surface area contributed by atoms with Crippen LogP contribution in [-0.4, -0.2) is 25.1 Å². The van der Waals surface area contributed by atoms with Crippen molar-refractivity contribution in [1.29, 1.82) is 0 Å². The first-order chi connectivity index (χ1) is 15.5. The summed E-state index contributed by atoms with van der Waals surface area (Å²) in [7, 11) is 0.